The van der Waals surface area contributed by atoms with E-state index in [9.17, 15) is 0 Å². The average molecular weight is 428 g/mol. The predicted molar refractivity (Wildman–Crippen MR) is 121 cm³/mol. The summed E-state index contributed by atoms with van der Waals surface area (Å²) in [6, 6.07) is 12.0. The summed E-state index contributed by atoms with van der Waals surface area (Å²) in [6.07, 6.45) is 0. The van der Waals surface area contributed by atoms with Crippen LogP contribution in [0.25, 0.3) is 26.4 Å². The Bertz CT molecular complexity index is 1170. The number of hydrogen-bond donors (Lipinski definition) is 1. The fraction of sp³-hybridized carbons (Fsp3) is 0.318. The molecule has 8 heteroatoms. The Labute approximate surface area is 179 Å². The van der Waals surface area contributed by atoms with Gasteiger partial charge in [0, 0.05) is 19.2 Å². The number of nitrogens with one attached hydrogen (secondary N) is 1. The van der Waals surface area contributed by atoms with E-state index in [2.05, 4.69) is 21.9 Å². The number of hydrogen-bond acceptors (Lipinski definition) is 7. The second-order valence-corrected chi connectivity index (χ2v) is 7.59. The van der Waals surface area contributed by atoms with Crippen molar-refractivity contribution < 1.29 is 18.9 Å². The van der Waals surface area contributed by atoms with Crippen LogP contribution in [0.5, 0.6) is 17.2 Å². The van der Waals surface area contributed by atoms with Crippen molar-refractivity contribution in [3.8, 4) is 28.5 Å². The highest BCUT2D eigenvalue weighted by Gasteiger charge is 2.20. The summed E-state index contributed by atoms with van der Waals surface area (Å²) in [5.41, 5.74) is 2.88. The first-order chi connectivity index (χ1) is 14.7. The van der Waals surface area contributed by atoms with Crippen molar-refractivity contribution in [3.05, 3.63) is 36.4 Å². The summed E-state index contributed by atoms with van der Waals surface area (Å²) in [5.74, 6) is 3.14. The van der Waals surface area contributed by atoms with Crippen LogP contribution in [0.15, 0.2) is 36.4 Å². The maximum absolute atomic E-state index is 5.66. The number of imidazole rings is 1. The second kappa shape index (κ2) is 8.81. The smallest absolute Gasteiger partial charge is 0.197 e. The molecule has 0 spiro atoms. The summed E-state index contributed by atoms with van der Waals surface area (Å²) < 4.78 is 25.0. The maximum atomic E-state index is 5.66. The molecule has 2 heterocycles. The van der Waals surface area contributed by atoms with Crippen molar-refractivity contribution in [2.75, 3.05) is 46.4 Å². The number of rotatable bonds is 9. The van der Waals surface area contributed by atoms with Crippen LogP contribution in [0.4, 0.5) is 5.82 Å². The first-order valence-electron chi connectivity index (χ1n) is 9.73. The number of benzene rings is 2. The van der Waals surface area contributed by atoms with Gasteiger partial charge in [0.2, 0.25) is 0 Å². The lowest BCUT2D eigenvalue weighted by Crippen LogP contribution is -2.10. The number of fused-ring (bicyclic) bond motifs is 3. The van der Waals surface area contributed by atoms with E-state index >= 15 is 0 Å². The summed E-state index contributed by atoms with van der Waals surface area (Å²) in [5, 5.41) is 3.50. The van der Waals surface area contributed by atoms with E-state index in [-0.39, 0.29) is 0 Å². The Kier molecular flexibility index (Phi) is 5.96. The van der Waals surface area contributed by atoms with Crippen LogP contribution in [0, 0.1) is 0 Å². The van der Waals surface area contributed by atoms with Crippen molar-refractivity contribution in [3.63, 3.8) is 0 Å². The molecule has 0 saturated heterocycles. The minimum atomic E-state index is 0.592. The van der Waals surface area contributed by atoms with E-state index in [4.69, 9.17) is 23.9 Å². The molecule has 2 aromatic heterocycles. The molecule has 0 saturated carbocycles. The highest BCUT2D eigenvalue weighted by atomic mass is 32.1. The number of methoxy groups -OCH3 is 3. The lowest BCUT2D eigenvalue weighted by Gasteiger charge is -2.11. The van der Waals surface area contributed by atoms with Gasteiger partial charge in [-0.25, -0.2) is 4.98 Å². The van der Waals surface area contributed by atoms with Crippen LogP contribution >= 0.6 is 11.3 Å². The molecule has 0 fully saturated rings. The molecule has 0 bridgehead atoms. The summed E-state index contributed by atoms with van der Waals surface area (Å²) in [7, 11) is 4.96. The third-order valence-corrected chi connectivity index (χ3v) is 5.79. The molecule has 0 aliphatic heterocycles. The Morgan fingerprint density at radius 2 is 1.87 bits per heavy atom. The zero-order chi connectivity index (χ0) is 21.1. The highest BCUT2D eigenvalue weighted by Crippen LogP contribution is 2.39. The molecule has 0 amide bonds. The molecule has 7 nitrogen and oxygen atoms in total. The largest absolute Gasteiger partial charge is 0.494 e. The fourth-order valence-electron chi connectivity index (χ4n) is 3.43. The maximum Gasteiger partial charge on any atom is 0.197 e. The molecule has 0 aliphatic carbocycles. The molecule has 0 unspecified atom stereocenters. The Morgan fingerprint density at radius 3 is 2.60 bits per heavy atom. The molecule has 4 rings (SSSR count). The van der Waals surface area contributed by atoms with Gasteiger partial charge in [-0.15, -0.1) is 0 Å². The Hall–Kier alpha value is -2.97. The molecule has 4 aromatic rings. The molecular weight excluding hydrogens is 402 g/mol. The predicted octanol–water partition coefficient (Wildman–Crippen LogP) is 4.69. The first kappa shape index (κ1) is 20.3. The SMILES string of the molecule is CCOc1ccc2c(c1)sc1nc(-c3ccc(OC)c(OC)c3)c(NCCOC)n12. The van der Waals surface area contributed by atoms with E-state index in [0.717, 1.165) is 38.0 Å². The van der Waals surface area contributed by atoms with Gasteiger partial charge in [-0.3, -0.25) is 4.40 Å². The van der Waals surface area contributed by atoms with E-state index < -0.39 is 0 Å². The van der Waals surface area contributed by atoms with Gasteiger partial charge in [-0.1, -0.05) is 11.3 Å². The third kappa shape index (κ3) is 3.64. The topological polar surface area (TPSA) is 66.2 Å². The minimum Gasteiger partial charge on any atom is -0.494 e. The van der Waals surface area contributed by atoms with Crippen molar-refractivity contribution in [2.24, 2.45) is 0 Å². The van der Waals surface area contributed by atoms with Gasteiger partial charge in [0.05, 0.1) is 37.6 Å². The summed E-state index contributed by atoms with van der Waals surface area (Å²) in [6.45, 7) is 3.88. The number of anilines is 1. The van der Waals surface area contributed by atoms with E-state index in [1.807, 2.05) is 31.2 Å². The number of ether oxygens (including phenoxy) is 4. The van der Waals surface area contributed by atoms with E-state index in [1.165, 1.54) is 0 Å². The quantitative estimate of drug-likeness (QED) is 0.391. The van der Waals surface area contributed by atoms with Crippen molar-refractivity contribution in [1.82, 2.24) is 9.38 Å². The summed E-state index contributed by atoms with van der Waals surface area (Å²) in [4.78, 5) is 5.85. The summed E-state index contributed by atoms with van der Waals surface area (Å²) >= 11 is 1.63. The standard InChI is InChI=1S/C22H25N3O4S/c1-5-29-15-7-8-16-19(13-15)30-22-24-20(21(25(16)22)23-10-11-26-2)14-6-9-17(27-3)18(12-14)28-4/h6-9,12-13,23H,5,10-11H2,1-4H3. The average Bonchev–Trinajstić information content (AvgIpc) is 3.29. The molecule has 0 atom stereocenters. The van der Waals surface area contributed by atoms with E-state index in [0.29, 0.717) is 31.3 Å². The zero-order valence-electron chi connectivity index (χ0n) is 17.5. The number of nitrogens with zero attached hydrogens (tertiary/aromatic N) is 2. The van der Waals surface area contributed by atoms with Gasteiger partial charge in [-0.05, 0) is 43.3 Å². The first-order valence-corrected chi connectivity index (χ1v) is 10.5. The van der Waals surface area contributed by atoms with Gasteiger partial charge >= 0.3 is 0 Å². The van der Waals surface area contributed by atoms with Gasteiger partial charge in [0.1, 0.15) is 17.3 Å². The Balaban J connectivity index is 1.87. The molecule has 0 radical (unpaired) electrons. The van der Waals surface area contributed by atoms with Crippen LogP contribution in [-0.2, 0) is 4.74 Å². The lowest BCUT2D eigenvalue weighted by molar-refractivity contribution is 0.210. The minimum absolute atomic E-state index is 0.592. The zero-order valence-corrected chi connectivity index (χ0v) is 18.3. The lowest BCUT2D eigenvalue weighted by atomic mass is 10.1. The normalized spacial score (nSPS) is 11.2. The van der Waals surface area contributed by atoms with Crippen LogP contribution in [-0.4, -0.2) is 50.5 Å². The van der Waals surface area contributed by atoms with Crippen molar-refractivity contribution in [2.45, 2.75) is 6.92 Å². The molecule has 1 N–H and O–H groups in total. The molecular formula is C22H25N3O4S. The van der Waals surface area contributed by atoms with E-state index in [1.54, 1.807) is 32.7 Å². The van der Waals surface area contributed by atoms with Gasteiger partial charge in [0.15, 0.2) is 16.5 Å². The van der Waals surface area contributed by atoms with Gasteiger partial charge in [0.25, 0.3) is 0 Å². The number of thiazole rings is 1. The molecule has 158 valence electrons. The number of aromatic nitrogens is 2. The molecule has 0 aliphatic rings. The van der Waals surface area contributed by atoms with Crippen LogP contribution < -0.4 is 19.5 Å². The van der Waals surface area contributed by atoms with Crippen LogP contribution in [0.1, 0.15) is 6.92 Å². The molecule has 2 aromatic carbocycles. The van der Waals surface area contributed by atoms with Crippen molar-refractivity contribution in [1.29, 1.82) is 0 Å². The molecule has 30 heavy (non-hydrogen) atoms. The Morgan fingerprint density at radius 1 is 1.03 bits per heavy atom. The highest BCUT2D eigenvalue weighted by molar-refractivity contribution is 7.23. The monoisotopic (exact) mass is 427 g/mol. The van der Waals surface area contributed by atoms with Crippen molar-refractivity contribution >= 4 is 32.3 Å². The van der Waals surface area contributed by atoms with Gasteiger partial charge in [-0.2, -0.15) is 0 Å². The van der Waals surface area contributed by atoms with Crippen LogP contribution in [0.3, 0.4) is 0 Å². The second-order valence-electron chi connectivity index (χ2n) is 6.58. The fourth-order valence-corrected chi connectivity index (χ4v) is 4.48. The third-order valence-electron chi connectivity index (χ3n) is 4.79. The van der Waals surface area contributed by atoms with Gasteiger partial charge < -0.3 is 24.3 Å². The van der Waals surface area contributed by atoms with Crippen LogP contribution in [0.2, 0.25) is 0 Å².